The van der Waals surface area contributed by atoms with Gasteiger partial charge in [0.2, 0.25) is 0 Å². The Bertz CT molecular complexity index is 313. The highest BCUT2D eigenvalue weighted by Crippen LogP contribution is 2.04. The van der Waals surface area contributed by atoms with E-state index in [1.807, 2.05) is 30.3 Å². The first-order valence-corrected chi connectivity index (χ1v) is 5.21. The van der Waals surface area contributed by atoms with E-state index < -0.39 is 6.10 Å². The first kappa shape index (κ1) is 12.7. The first-order chi connectivity index (χ1) is 7.77. The van der Waals surface area contributed by atoms with Crippen LogP contribution in [0.5, 0.6) is 0 Å². The summed E-state index contributed by atoms with van der Waals surface area (Å²) in [5.74, 6) is -0.364. The van der Waals surface area contributed by atoms with Crippen LogP contribution in [-0.4, -0.2) is 25.7 Å². The van der Waals surface area contributed by atoms with Crippen molar-refractivity contribution in [2.45, 2.75) is 19.1 Å². The molecular formula is C12H17NO3. The number of rotatable bonds is 6. The number of benzene rings is 1. The number of nitrogens with two attached hydrogens (primary N) is 1. The minimum atomic E-state index is -0.561. The number of ether oxygens (including phenoxy) is 2. The summed E-state index contributed by atoms with van der Waals surface area (Å²) in [7, 11) is 1.48. The van der Waals surface area contributed by atoms with Crippen molar-refractivity contribution in [3.63, 3.8) is 0 Å². The number of carbonyl (C=O) groups is 1. The molecule has 0 spiro atoms. The molecule has 0 bridgehead atoms. The van der Waals surface area contributed by atoms with E-state index in [1.165, 1.54) is 7.11 Å². The van der Waals surface area contributed by atoms with Crippen LogP contribution in [0.25, 0.3) is 0 Å². The summed E-state index contributed by atoms with van der Waals surface area (Å²) >= 11 is 0. The molecule has 2 N–H and O–H groups in total. The van der Waals surface area contributed by atoms with Crippen molar-refractivity contribution >= 4 is 5.97 Å². The molecule has 16 heavy (non-hydrogen) atoms. The van der Waals surface area contributed by atoms with Crippen LogP contribution in [-0.2, 0) is 20.9 Å². The summed E-state index contributed by atoms with van der Waals surface area (Å²) in [6.07, 6.45) is -0.0851. The Balaban J connectivity index is 2.40. The van der Waals surface area contributed by atoms with Crippen molar-refractivity contribution in [2.75, 3.05) is 13.7 Å². The van der Waals surface area contributed by atoms with Gasteiger partial charge in [-0.2, -0.15) is 0 Å². The second-order valence-corrected chi connectivity index (χ2v) is 3.40. The van der Waals surface area contributed by atoms with Crippen LogP contribution in [0, 0.1) is 0 Å². The number of hydrogen-bond acceptors (Lipinski definition) is 4. The highest BCUT2D eigenvalue weighted by atomic mass is 16.6. The van der Waals surface area contributed by atoms with Gasteiger partial charge in [0.05, 0.1) is 0 Å². The SMILES string of the molecule is COC(CCN)C(=O)OCc1ccccc1. The second kappa shape index (κ2) is 6.98. The van der Waals surface area contributed by atoms with Gasteiger partial charge >= 0.3 is 5.97 Å². The van der Waals surface area contributed by atoms with Crippen molar-refractivity contribution in [2.24, 2.45) is 5.73 Å². The molecule has 0 amide bonds. The Morgan fingerprint density at radius 2 is 2.06 bits per heavy atom. The molecule has 0 saturated carbocycles. The van der Waals surface area contributed by atoms with Gasteiger partial charge in [-0.3, -0.25) is 0 Å². The molecule has 1 aromatic rings. The number of methoxy groups -OCH3 is 1. The van der Waals surface area contributed by atoms with Crippen LogP contribution < -0.4 is 5.73 Å². The largest absolute Gasteiger partial charge is 0.459 e. The molecule has 4 nitrogen and oxygen atoms in total. The van der Waals surface area contributed by atoms with Crippen LogP contribution >= 0.6 is 0 Å². The Labute approximate surface area is 95.3 Å². The Morgan fingerprint density at radius 3 is 2.62 bits per heavy atom. The van der Waals surface area contributed by atoms with Gasteiger partial charge in [0.15, 0.2) is 6.10 Å². The molecule has 0 aliphatic heterocycles. The average Bonchev–Trinajstić information content (AvgIpc) is 2.34. The molecule has 0 radical (unpaired) electrons. The zero-order valence-corrected chi connectivity index (χ0v) is 9.39. The summed E-state index contributed by atoms with van der Waals surface area (Å²) in [6, 6.07) is 9.52. The molecule has 88 valence electrons. The van der Waals surface area contributed by atoms with Crippen molar-refractivity contribution in [3.8, 4) is 0 Å². The third kappa shape index (κ3) is 4.00. The van der Waals surface area contributed by atoms with Gasteiger partial charge < -0.3 is 15.2 Å². The van der Waals surface area contributed by atoms with E-state index in [1.54, 1.807) is 0 Å². The molecule has 0 aromatic heterocycles. The van der Waals surface area contributed by atoms with E-state index in [0.29, 0.717) is 13.0 Å². The van der Waals surface area contributed by atoms with Gasteiger partial charge in [-0.15, -0.1) is 0 Å². The van der Waals surface area contributed by atoms with Gasteiger partial charge in [0.1, 0.15) is 6.61 Å². The van der Waals surface area contributed by atoms with E-state index in [2.05, 4.69) is 0 Å². The monoisotopic (exact) mass is 223 g/mol. The normalized spacial score (nSPS) is 12.1. The Hall–Kier alpha value is -1.39. The third-order valence-electron chi connectivity index (χ3n) is 2.20. The molecular weight excluding hydrogens is 206 g/mol. The molecule has 0 heterocycles. The standard InChI is InChI=1S/C12H17NO3/c1-15-11(7-8-13)12(14)16-9-10-5-3-2-4-6-10/h2-6,11H,7-9,13H2,1H3. The average molecular weight is 223 g/mol. The van der Waals surface area contributed by atoms with Crippen LogP contribution in [0.1, 0.15) is 12.0 Å². The quantitative estimate of drug-likeness (QED) is 0.733. The summed E-state index contributed by atoms with van der Waals surface area (Å²) < 4.78 is 10.1. The number of carbonyl (C=O) groups excluding carboxylic acids is 1. The summed E-state index contributed by atoms with van der Waals surface area (Å²) in [6.45, 7) is 0.670. The molecule has 0 saturated heterocycles. The first-order valence-electron chi connectivity index (χ1n) is 5.21. The molecule has 1 rings (SSSR count). The van der Waals surface area contributed by atoms with Gasteiger partial charge in [0.25, 0.3) is 0 Å². The lowest BCUT2D eigenvalue weighted by atomic mass is 10.2. The van der Waals surface area contributed by atoms with Crippen LogP contribution in [0.15, 0.2) is 30.3 Å². The molecule has 0 aliphatic rings. The molecule has 1 aromatic carbocycles. The van der Waals surface area contributed by atoms with Crippen molar-refractivity contribution in [1.82, 2.24) is 0 Å². The maximum absolute atomic E-state index is 11.5. The van der Waals surface area contributed by atoms with E-state index in [4.69, 9.17) is 15.2 Å². The number of hydrogen-bond donors (Lipinski definition) is 1. The van der Waals surface area contributed by atoms with E-state index >= 15 is 0 Å². The fourth-order valence-corrected chi connectivity index (χ4v) is 1.30. The van der Waals surface area contributed by atoms with E-state index in [9.17, 15) is 4.79 Å². The molecule has 1 atom stereocenters. The maximum Gasteiger partial charge on any atom is 0.335 e. The van der Waals surface area contributed by atoms with Crippen molar-refractivity contribution in [3.05, 3.63) is 35.9 Å². The fourth-order valence-electron chi connectivity index (χ4n) is 1.30. The van der Waals surface area contributed by atoms with Gasteiger partial charge in [-0.05, 0) is 18.5 Å². The zero-order chi connectivity index (χ0) is 11.8. The molecule has 0 fully saturated rings. The Morgan fingerprint density at radius 1 is 1.38 bits per heavy atom. The van der Waals surface area contributed by atoms with Crippen LogP contribution in [0.4, 0.5) is 0 Å². The topological polar surface area (TPSA) is 61.5 Å². The minimum Gasteiger partial charge on any atom is -0.459 e. The lowest BCUT2D eigenvalue weighted by Crippen LogP contribution is -2.27. The summed E-state index contributed by atoms with van der Waals surface area (Å²) in [5, 5.41) is 0. The lowest BCUT2D eigenvalue weighted by Gasteiger charge is -2.13. The maximum atomic E-state index is 11.5. The van der Waals surface area contributed by atoms with E-state index in [0.717, 1.165) is 5.56 Å². The summed E-state index contributed by atoms with van der Waals surface area (Å²) in [5.41, 5.74) is 6.32. The Kier molecular flexibility index (Phi) is 5.53. The van der Waals surface area contributed by atoms with Crippen LogP contribution in [0.3, 0.4) is 0 Å². The molecule has 1 unspecified atom stereocenters. The summed E-state index contributed by atoms with van der Waals surface area (Å²) in [4.78, 5) is 11.5. The highest BCUT2D eigenvalue weighted by molar-refractivity contribution is 5.74. The predicted molar refractivity (Wildman–Crippen MR) is 60.7 cm³/mol. The predicted octanol–water partition coefficient (Wildman–Crippen LogP) is 1.09. The zero-order valence-electron chi connectivity index (χ0n) is 9.39. The fraction of sp³-hybridized carbons (Fsp3) is 0.417. The minimum absolute atomic E-state index is 0.268. The smallest absolute Gasteiger partial charge is 0.335 e. The number of esters is 1. The molecule has 4 heteroatoms. The lowest BCUT2D eigenvalue weighted by molar-refractivity contribution is -0.157. The highest BCUT2D eigenvalue weighted by Gasteiger charge is 2.18. The third-order valence-corrected chi connectivity index (χ3v) is 2.20. The van der Waals surface area contributed by atoms with Gasteiger partial charge in [-0.25, -0.2) is 4.79 Å². The molecule has 0 aliphatic carbocycles. The van der Waals surface area contributed by atoms with Crippen LogP contribution in [0.2, 0.25) is 0 Å². The second-order valence-electron chi connectivity index (χ2n) is 3.40. The van der Waals surface area contributed by atoms with Crippen molar-refractivity contribution < 1.29 is 14.3 Å². The van der Waals surface area contributed by atoms with Gasteiger partial charge in [-0.1, -0.05) is 30.3 Å². The van der Waals surface area contributed by atoms with Gasteiger partial charge in [0, 0.05) is 7.11 Å². The van der Waals surface area contributed by atoms with E-state index in [-0.39, 0.29) is 12.6 Å². The van der Waals surface area contributed by atoms with Crippen molar-refractivity contribution in [1.29, 1.82) is 0 Å².